The highest BCUT2D eigenvalue weighted by molar-refractivity contribution is 7.16. The molecule has 0 saturated heterocycles. The quantitative estimate of drug-likeness (QED) is 0.910. The molecule has 0 aliphatic heterocycles. The van der Waals surface area contributed by atoms with Gasteiger partial charge in [-0.2, -0.15) is 0 Å². The van der Waals surface area contributed by atoms with Crippen molar-refractivity contribution in [1.82, 2.24) is 4.98 Å². The number of thiazole rings is 1. The molecule has 2 aromatic rings. The molecule has 18 heavy (non-hydrogen) atoms. The summed E-state index contributed by atoms with van der Waals surface area (Å²) in [5.74, 6) is -0.304. The molecule has 0 aliphatic rings. The van der Waals surface area contributed by atoms with E-state index in [1.54, 1.807) is 13.0 Å². The summed E-state index contributed by atoms with van der Waals surface area (Å²) >= 11 is 1.22. The SMILES string of the molecule is Cc1nc(-c2ccccc2OC(F)(F)F)c(N)s1. The van der Waals surface area contributed by atoms with E-state index in [1.807, 2.05) is 0 Å². The zero-order chi connectivity index (χ0) is 13.3. The van der Waals surface area contributed by atoms with Gasteiger partial charge in [-0.1, -0.05) is 12.1 Å². The van der Waals surface area contributed by atoms with E-state index in [-0.39, 0.29) is 11.3 Å². The molecule has 0 saturated carbocycles. The highest BCUT2D eigenvalue weighted by Crippen LogP contribution is 2.37. The Morgan fingerprint density at radius 2 is 1.94 bits per heavy atom. The molecule has 1 heterocycles. The molecule has 7 heteroatoms. The van der Waals surface area contributed by atoms with E-state index in [1.165, 1.54) is 29.5 Å². The lowest BCUT2D eigenvalue weighted by Crippen LogP contribution is -2.17. The fourth-order valence-corrected chi connectivity index (χ4v) is 2.22. The molecular formula is C11H9F3N2OS. The van der Waals surface area contributed by atoms with Crippen molar-refractivity contribution < 1.29 is 17.9 Å². The lowest BCUT2D eigenvalue weighted by Gasteiger charge is -2.12. The number of nitrogens with two attached hydrogens (primary N) is 1. The Morgan fingerprint density at radius 3 is 2.50 bits per heavy atom. The average Bonchev–Trinajstić information content (AvgIpc) is 2.56. The molecule has 1 aromatic heterocycles. The Morgan fingerprint density at radius 1 is 1.28 bits per heavy atom. The second-order valence-corrected chi connectivity index (χ2v) is 4.72. The fraction of sp³-hybridized carbons (Fsp3) is 0.182. The molecule has 0 aliphatic carbocycles. The van der Waals surface area contributed by atoms with Gasteiger partial charge >= 0.3 is 6.36 Å². The van der Waals surface area contributed by atoms with Gasteiger partial charge in [0.05, 0.1) is 5.01 Å². The Labute approximate surface area is 105 Å². The zero-order valence-electron chi connectivity index (χ0n) is 9.28. The van der Waals surface area contributed by atoms with Gasteiger partial charge in [-0.15, -0.1) is 24.5 Å². The van der Waals surface area contributed by atoms with Crippen LogP contribution in [0.25, 0.3) is 11.3 Å². The number of para-hydroxylation sites is 1. The van der Waals surface area contributed by atoms with Gasteiger partial charge < -0.3 is 10.5 Å². The van der Waals surface area contributed by atoms with Crippen LogP contribution >= 0.6 is 11.3 Å². The van der Waals surface area contributed by atoms with Crippen molar-refractivity contribution in [1.29, 1.82) is 0 Å². The molecule has 3 nitrogen and oxygen atoms in total. The second-order valence-electron chi connectivity index (χ2n) is 3.49. The van der Waals surface area contributed by atoms with Gasteiger partial charge in [-0.3, -0.25) is 0 Å². The number of hydrogen-bond donors (Lipinski definition) is 1. The summed E-state index contributed by atoms with van der Waals surface area (Å²) in [4.78, 5) is 4.12. The molecule has 2 N–H and O–H groups in total. The highest BCUT2D eigenvalue weighted by atomic mass is 32.1. The largest absolute Gasteiger partial charge is 0.573 e. The Kier molecular flexibility index (Phi) is 3.16. The molecular weight excluding hydrogens is 265 g/mol. The number of rotatable bonds is 2. The molecule has 2 rings (SSSR count). The molecule has 0 fully saturated rings. The van der Waals surface area contributed by atoms with Crippen molar-refractivity contribution in [3.05, 3.63) is 29.3 Å². The van der Waals surface area contributed by atoms with Gasteiger partial charge in [0, 0.05) is 5.56 Å². The molecule has 96 valence electrons. The minimum absolute atomic E-state index is 0.233. The molecule has 0 bridgehead atoms. The third-order valence-electron chi connectivity index (χ3n) is 2.13. The van der Waals surface area contributed by atoms with Crippen molar-refractivity contribution in [2.24, 2.45) is 0 Å². The Hall–Kier alpha value is -1.76. The lowest BCUT2D eigenvalue weighted by molar-refractivity contribution is -0.274. The minimum atomic E-state index is -4.74. The van der Waals surface area contributed by atoms with Crippen LogP contribution in [-0.4, -0.2) is 11.3 Å². The number of anilines is 1. The van der Waals surface area contributed by atoms with Crippen LogP contribution in [0.5, 0.6) is 5.75 Å². The van der Waals surface area contributed by atoms with Crippen molar-refractivity contribution in [3.8, 4) is 17.0 Å². The number of nitrogen functional groups attached to an aromatic ring is 1. The molecule has 0 radical (unpaired) electrons. The third-order valence-corrected chi connectivity index (χ3v) is 2.93. The number of halogens is 3. The van der Waals surface area contributed by atoms with Gasteiger partial charge in [-0.05, 0) is 19.1 Å². The number of benzene rings is 1. The fourth-order valence-electron chi connectivity index (χ4n) is 1.51. The van der Waals surface area contributed by atoms with E-state index >= 15 is 0 Å². The molecule has 0 amide bonds. The summed E-state index contributed by atoms with van der Waals surface area (Å²) in [6, 6.07) is 5.79. The van der Waals surface area contributed by atoms with E-state index in [0.29, 0.717) is 15.7 Å². The van der Waals surface area contributed by atoms with Crippen LogP contribution in [0.4, 0.5) is 18.2 Å². The smallest absolute Gasteiger partial charge is 0.405 e. The first kappa shape index (κ1) is 12.7. The monoisotopic (exact) mass is 274 g/mol. The third kappa shape index (κ3) is 2.73. The Balaban J connectivity index is 2.48. The summed E-state index contributed by atoms with van der Waals surface area (Å²) in [6.45, 7) is 1.73. The van der Waals surface area contributed by atoms with Crippen molar-refractivity contribution in [3.63, 3.8) is 0 Å². The van der Waals surface area contributed by atoms with Crippen LogP contribution in [0, 0.1) is 6.92 Å². The standard InChI is InChI=1S/C11H9F3N2OS/c1-6-16-9(10(15)18-6)7-4-2-3-5-8(7)17-11(12,13)14/h2-5H,15H2,1H3. The number of aromatic nitrogens is 1. The van der Waals surface area contributed by atoms with E-state index in [2.05, 4.69) is 9.72 Å². The molecule has 0 spiro atoms. The highest BCUT2D eigenvalue weighted by Gasteiger charge is 2.32. The first-order chi connectivity index (χ1) is 8.37. The Bertz CT molecular complexity index is 566. The van der Waals surface area contributed by atoms with Gasteiger partial charge in [0.15, 0.2) is 0 Å². The van der Waals surface area contributed by atoms with Crippen LogP contribution in [0.15, 0.2) is 24.3 Å². The number of aryl methyl sites for hydroxylation is 1. The van der Waals surface area contributed by atoms with Crippen molar-refractivity contribution in [2.75, 3.05) is 5.73 Å². The lowest BCUT2D eigenvalue weighted by atomic mass is 10.1. The van der Waals surface area contributed by atoms with Gasteiger partial charge in [0.2, 0.25) is 0 Å². The van der Waals surface area contributed by atoms with Crippen molar-refractivity contribution >= 4 is 16.3 Å². The second kappa shape index (κ2) is 4.49. The van der Waals surface area contributed by atoms with Crippen LogP contribution in [0.3, 0.4) is 0 Å². The average molecular weight is 274 g/mol. The van der Waals surface area contributed by atoms with Gasteiger partial charge in [0.25, 0.3) is 0 Å². The summed E-state index contributed by atoms with van der Waals surface area (Å²) in [5.41, 5.74) is 6.28. The maximum atomic E-state index is 12.3. The normalized spacial score (nSPS) is 11.6. The van der Waals surface area contributed by atoms with Crippen LogP contribution in [-0.2, 0) is 0 Å². The summed E-state index contributed by atoms with van der Waals surface area (Å²) in [6.07, 6.45) is -4.74. The number of alkyl halides is 3. The van der Waals surface area contributed by atoms with E-state index in [9.17, 15) is 13.2 Å². The van der Waals surface area contributed by atoms with Gasteiger partial charge in [0.1, 0.15) is 16.4 Å². The molecule has 0 atom stereocenters. The number of ether oxygens (including phenoxy) is 1. The molecule has 0 unspecified atom stereocenters. The molecule has 1 aromatic carbocycles. The summed E-state index contributed by atoms with van der Waals surface area (Å²) < 4.78 is 40.8. The van der Waals surface area contributed by atoms with Crippen molar-refractivity contribution in [2.45, 2.75) is 13.3 Å². The van der Waals surface area contributed by atoms with Crippen LogP contribution < -0.4 is 10.5 Å². The summed E-state index contributed by atoms with van der Waals surface area (Å²) in [7, 11) is 0. The van der Waals surface area contributed by atoms with Gasteiger partial charge in [-0.25, -0.2) is 4.98 Å². The number of hydrogen-bond acceptors (Lipinski definition) is 4. The van der Waals surface area contributed by atoms with Crippen LogP contribution in [0.2, 0.25) is 0 Å². The minimum Gasteiger partial charge on any atom is -0.405 e. The first-order valence-electron chi connectivity index (χ1n) is 4.95. The zero-order valence-corrected chi connectivity index (χ0v) is 10.1. The van der Waals surface area contributed by atoms with Crippen LogP contribution in [0.1, 0.15) is 5.01 Å². The van der Waals surface area contributed by atoms with E-state index in [4.69, 9.17) is 5.73 Å². The predicted octanol–water partition coefficient (Wildman–Crippen LogP) is 3.60. The topological polar surface area (TPSA) is 48.1 Å². The van der Waals surface area contributed by atoms with E-state index < -0.39 is 6.36 Å². The maximum absolute atomic E-state index is 12.3. The summed E-state index contributed by atoms with van der Waals surface area (Å²) in [5, 5.41) is 1.05. The first-order valence-corrected chi connectivity index (χ1v) is 5.76. The number of nitrogens with zero attached hydrogens (tertiary/aromatic N) is 1. The predicted molar refractivity (Wildman–Crippen MR) is 63.4 cm³/mol. The maximum Gasteiger partial charge on any atom is 0.573 e. The van der Waals surface area contributed by atoms with E-state index in [0.717, 1.165) is 0 Å².